The third-order valence-electron chi connectivity index (χ3n) is 5.52. The number of carbonyl (C=O) groups excluding carboxylic acids is 2. The number of amides is 1. The summed E-state index contributed by atoms with van der Waals surface area (Å²) in [6, 6.07) is 0. The minimum absolute atomic E-state index is 0.141. The number of piperidine rings is 1. The Morgan fingerprint density at radius 1 is 1.09 bits per heavy atom. The van der Waals surface area contributed by atoms with E-state index in [-0.39, 0.29) is 5.91 Å². The molecule has 1 amide bonds. The summed E-state index contributed by atoms with van der Waals surface area (Å²) >= 11 is 0. The van der Waals surface area contributed by atoms with Crippen LogP contribution in [0.2, 0.25) is 0 Å². The summed E-state index contributed by atoms with van der Waals surface area (Å²) < 4.78 is 0. The molecule has 0 bridgehead atoms. The third-order valence-corrected chi connectivity index (χ3v) is 5.52. The molecule has 0 N–H and O–H groups in total. The molecule has 23 heavy (non-hydrogen) atoms. The fourth-order valence-corrected chi connectivity index (χ4v) is 3.59. The predicted molar refractivity (Wildman–Crippen MR) is 92.3 cm³/mol. The van der Waals surface area contributed by atoms with Gasteiger partial charge in [0.2, 0.25) is 5.91 Å². The number of likely N-dealkylation sites (tertiary alicyclic amines) is 1. The number of carbonyl (C=O) groups is 2. The maximum absolute atomic E-state index is 12.5. The third kappa shape index (κ3) is 5.28. The van der Waals surface area contributed by atoms with Crippen LogP contribution < -0.4 is 0 Å². The van der Waals surface area contributed by atoms with Crippen molar-refractivity contribution in [3.63, 3.8) is 0 Å². The van der Waals surface area contributed by atoms with Gasteiger partial charge in [-0.1, -0.05) is 13.8 Å². The van der Waals surface area contributed by atoms with E-state index in [1.54, 1.807) is 0 Å². The maximum atomic E-state index is 12.5. The molecule has 0 unspecified atom stereocenters. The van der Waals surface area contributed by atoms with Gasteiger partial charge in [0.25, 0.3) is 0 Å². The molecule has 2 rings (SSSR count). The molecular formula is C18H33N3O2. The highest BCUT2D eigenvalue weighted by atomic mass is 16.2. The lowest BCUT2D eigenvalue weighted by atomic mass is 9.86. The number of hydrogen-bond donors (Lipinski definition) is 0. The van der Waals surface area contributed by atoms with Gasteiger partial charge in [0.05, 0.1) is 5.41 Å². The Kier molecular flexibility index (Phi) is 6.60. The molecule has 0 saturated carbocycles. The molecule has 0 aromatic rings. The number of hydrogen-bond acceptors (Lipinski definition) is 4. The highest BCUT2D eigenvalue weighted by molar-refractivity contribution is 5.84. The molecule has 5 heteroatoms. The van der Waals surface area contributed by atoms with Crippen LogP contribution in [0.1, 0.15) is 39.5 Å². The number of nitrogens with zero attached hydrogens (tertiary/aromatic N) is 3. The lowest BCUT2D eigenvalue weighted by Crippen LogP contribution is -2.46. The Morgan fingerprint density at radius 2 is 1.70 bits per heavy atom. The average molecular weight is 323 g/mol. The van der Waals surface area contributed by atoms with Gasteiger partial charge < -0.3 is 19.5 Å². The second kappa shape index (κ2) is 8.25. The van der Waals surface area contributed by atoms with Crippen LogP contribution in [0, 0.1) is 11.3 Å². The molecule has 0 radical (unpaired) electrons. The van der Waals surface area contributed by atoms with Crippen molar-refractivity contribution in [2.24, 2.45) is 11.3 Å². The van der Waals surface area contributed by atoms with E-state index in [0.29, 0.717) is 6.42 Å². The van der Waals surface area contributed by atoms with Crippen LogP contribution in [-0.4, -0.2) is 79.8 Å². The lowest BCUT2D eigenvalue weighted by Gasteiger charge is -2.38. The van der Waals surface area contributed by atoms with E-state index in [2.05, 4.69) is 16.8 Å². The Bertz CT molecular complexity index is 395. The van der Waals surface area contributed by atoms with Crippen LogP contribution in [0.3, 0.4) is 0 Å². The van der Waals surface area contributed by atoms with E-state index in [0.717, 1.165) is 38.1 Å². The largest absolute Gasteiger partial charge is 0.342 e. The molecule has 2 aliphatic heterocycles. The molecule has 2 saturated heterocycles. The van der Waals surface area contributed by atoms with Crippen molar-refractivity contribution in [3.05, 3.63) is 0 Å². The first-order valence-electron chi connectivity index (χ1n) is 9.06. The first kappa shape index (κ1) is 18.4. The van der Waals surface area contributed by atoms with Crippen molar-refractivity contribution in [1.29, 1.82) is 0 Å². The van der Waals surface area contributed by atoms with Crippen LogP contribution in [0.25, 0.3) is 0 Å². The van der Waals surface area contributed by atoms with E-state index >= 15 is 0 Å². The van der Waals surface area contributed by atoms with Crippen LogP contribution in [0.5, 0.6) is 0 Å². The predicted octanol–water partition coefficient (Wildman–Crippen LogP) is 1.48. The normalized spacial score (nSPS) is 22.3. The molecular weight excluding hydrogens is 290 g/mol. The minimum Gasteiger partial charge on any atom is -0.342 e. The summed E-state index contributed by atoms with van der Waals surface area (Å²) in [5, 5.41) is 0. The van der Waals surface area contributed by atoms with E-state index < -0.39 is 5.41 Å². The van der Waals surface area contributed by atoms with Gasteiger partial charge in [0, 0.05) is 45.7 Å². The Labute approximate surface area is 141 Å². The van der Waals surface area contributed by atoms with Gasteiger partial charge in [0.1, 0.15) is 6.29 Å². The van der Waals surface area contributed by atoms with Crippen molar-refractivity contribution >= 4 is 12.2 Å². The van der Waals surface area contributed by atoms with Crippen LogP contribution in [-0.2, 0) is 9.59 Å². The Morgan fingerprint density at radius 3 is 2.26 bits per heavy atom. The molecule has 0 aromatic carbocycles. The van der Waals surface area contributed by atoms with Gasteiger partial charge in [-0.25, -0.2) is 0 Å². The second-order valence-corrected chi connectivity index (χ2v) is 7.92. The van der Waals surface area contributed by atoms with Crippen molar-refractivity contribution < 1.29 is 9.59 Å². The molecule has 2 heterocycles. The zero-order valence-corrected chi connectivity index (χ0v) is 15.1. The molecule has 0 spiro atoms. The zero-order valence-electron chi connectivity index (χ0n) is 15.1. The first-order chi connectivity index (χ1) is 10.9. The number of aldehydes is 1. The molecule has 0 atom stereocenters. The fraction of sp³-hybridized carbons (Fsp3) is 0.889. The second-order valence-electron chi connectivity index (χ2n) is 7.92. The topological polar surface area (TPSA) is 43.9 Å². The van der Waals surface area contributed by atoms with Gasteiger partial charge in [-0.05, 0) is 38.8 Å². The van der Waals surface area contributed by atoms with Crippen molar-refractivity contribution in [2.75, 3.05) is 52.9 Å². The molecule has 5 nitrogen and oxygen atoms in total. The highest BCUT2D eigenvalue weighted by Gasteiger charge is 2.33. The Balaban J connectivity index is 1.69. The SMILES string of the molecule is CN1CCN(CCC2CCN(C(=O)C(C)(C)CC=O)CC2)CC1. The maximum Gasteiger partial charge on any atom is 0.228 e. The standard InChI is InChI=1S/C18H33N3O2/c1-18(2,7-15-22)17(23)21-9-5-16(6-10-21)4-8-20-13-11-19(3)12-14-20/h15-16H,4-14H2,1-3H3. The van der Waals surface area contributed by atoms with Crippen molar-refractivity contribution in [2.45, 2.75) is 39.5 Å². The monoisotopic (exact) mass is 323 g/mol. The lowest BCUT2D eigenvalue weighted by molar-refractivity contribution is -0.143. The first-order valence-corrected chi connectivity index (χ1v) is 9.06. The van der Waals surface area contributed by atoms with E-state index in [1.165, 1.54) is 39.1 Å². The molecule has 2 aliphatic rings. The van der Waals surface area contributed by atoms with Gasteiger partial charge in [-0.15, -0.1) is 0 Å². The molecule has 2 fully saturated rings. The fourth-order valence-electron chi connectivity index (χ4n) is 3.59. The van der Waals surface area contributed by atoms with E-state index in [1.807, 2.05) is 18.7 Å². The van der Waals surface area contributed by atoms with Crippen LogP contribution in [0.4, 0.5) is 0 Å². The van der Waals surface area contributed by atoms with Gasteiger partial charge >= 0.3 is 0 Å². The summed E-state index contributed by atoms with van der Waals surface area (Å²) in [7, 11) is 2.19. The average Bonchev–Trinajstić information content (AvgIpc) is 2.54. The van der Waals surface area contributed by atoms with Crippen molar-refractivity contribution in [1.82, 2.24) is 14.7 Å². The van der Waals surface area contributed by atoms with E-state index in [4.69, 9.17) is 0 Å². The highest BCUT2D eigenvalue weighted by Crippen LogP contribution is 2.27. The smallest absolute Gasteiger partial charge is 0.228 e. The number of rotatable bonds is 6. The molecule has 0 aliphatic carbocycles. The Hall–Kier alpha value is -0.940. The summed E-state index contributed by atoms with van der Waals surface area (Å²) in [4.78, 5) is 30.2. The van der Waals surface area contributed by atoms with Crippen LogP contribution in [0.15, 0.2) is 0 Å². The van der Waals surface area contributed by atoms with Crippen LogP contribution >= 0.6 is 0 Å². The molecule has 132 valence electrons. The van der Waals surface area contributed by atoms with Gasteiger partial charge in [0.15, 0.2) is 0 Å². The molecule has 0 aromatic heterocycles. The van der Waals surface area contributed by atoms with Gasteiger partial charge in [-0.3, -0.25) is 4.79 Å². The minimum atomic E-state index is -0.547. The van der Waals surface area contributed by atoms with Crippen molar-refractivity contribution in [3.8, 4) is 0 Å². The quantitative estimate of drug-likeness (QED) is 0.695. The number of likely N-dealkylation sites (N-methyl/N-ethyl adjacent to an activating group) is 1. The summed E-state index contributed by atoms with van der Waals surface area (Å²) in [6.45, 7) is 11.4. The summed E-state index contributed by atoms with van der Waals surface area (Å²) in [5.41, 5.74) is -0.547. The zero-order chi connectivity index (χ0) is 16.9. The summed E-state index contributed by atoms with van der Waals surface area (Å²) in [6.07, 6.45) is 4.65. The van der Waals surface area contributed by atoms with Gasteiger partial charge in [-0.2, -0.15) is 0 Å². The van der Waals surface area contributed by atoms with E-state index in [9.17, 15) is 9.59 Å². The number of piperazine rings is 1. The summed E-state index contributed by atoms with van der Waals surface area (Å²) in [5.74, 6) is 0.884.